The normalized spacial score (nSPS) is 19.1. The molecule has 2 fully saturated rings. The third-order valence-electron chi connectivity index (χ3n) is 6.85. The quantitative estimate of drug-likeness (QED) is 0.501. The molecule has 2 saturated heterocycles. The first-order valence-corrected chi connectivity index (χ1v) is 13.8. The second kappa shape index (κ2) is 10.5. The molecule has 5 rings (SSSR count). The van der Waals surface area contributed by atoms with Gasteiger partial charge < -0.3 is 9.64 Å². The van der Waals surface area contributed by atoms with Crippen molar-refractivity contribution in [3.8, 4) is 0 Å². The van der Waals surface area contributed by atoms with Gasteiger partial charge in [-0.25, -0.2) is 8.42 Å². The number of amides is 1. The third kappa shape index (κ3) is 5.62. The van der Waals surface area contributed by atoms with Gasteiger partial charge in [0.05, 0.1) is 22.9 Å². The zero-order valence-electron chi connectivity index (χ0n) is 20.4. The number of sulfonamides is 1. The maximum atomic E-state index is 14.0. The number of carbonyl (C=O) groups excluding carboxylic acids is 1. The Labute approximate surface area is 218 Å². The SMILES string of the molecule is O=C(c1ccc(NS(=O)(=O)c2cccc3cccnc23)c(C(F)(F)F)c1)N1CCN(CC2CCCO2)CC1. The maximum Gasteiger partial charge on any atom is 0.418 e. The summed E-state index contributed by atoms with van der Waals surface area (Å²) in [7, 11) is -4.42. The first-order valence-electron chi connectivity index (χ1n) is 12.3. The van der Waals surface area contributed by atoms with Crippen LogP contribution in [0.3, 0.4) is 0 Å². The molecule has 38 heavy (non-hydrogen) atoms. The minimum atomic E-state index is -4.90. The van der Waals surface area contributed by atoms with Crippen LogP contribution in [0, 0.1) is 0 Å². The lowest BCUT2D eigenvalue weighted by Crippen LogP contribution is -2.50. The van der Waals surface area contributed by atoms with E-state index in [0.717, 1.165) is 32.1 Å². The lowest BCUT2D eigenvalue weighted by molar-refractivity contribution is -0.136. The van der Waals surface area contributed by atoms with Crippen LogP contribution in [0.15, 0.2) is 59.6 Å². The number of anilines is 1. The van der Waals surface area contributed by atoms with Crippen molar-refractivity contribution >= 4 is 32.5 Å². The Morgan fingerprint density at radius 3 is 2.55 bits per heavy atom. The van der Waals surface area contributed by atoms with Gasteiger partial charge in [-0.3, -0.25) is 19.4 Å². The van der Waals surface area contributed by atoms with Gasteiger partial charge in [0.1, 0.15) is 4.90 Å². The molecule has 1 unspecified atom stereocenters. The average Bonchev–Trinajstić information content (AvgIpc) is 3.41. The van der Waals surface area contributed by atoms with Crippen LogP contribution in [-0.4, -0.2) is 74.5 Å². The van der Waals surface area contributed by atoms with Crippen molar-refractivity contribution in [2.75, 3.05) is 44.1 Å². The van der Waals surface area contributed by atoms with Crippen molar-refractivity contribution < 1.29 is 31.1 Å². The minimum Gasteiger partial charge on any atom is -0.377 e. The average molecular weight is 549 g/mol. The molecule has 1 amide bonds. The van der Waals surface area contributed by atoms with Crippen LogP contribution in [0.1, 0.15) is 28.8 Å². The van der Waals surface area contributed by atoms with Gasteiger partial charge >= 0.3 is 6.18 Å². The molecule has 1 atom stereocenters. The molecule has 0 saturated carbocycles. The van der Waals surface area contributed by atoms with Gasteiger partial charge in [0.15, 0.2) is 0 Å². The largest absolute Gasteiger partial charge is 0.418 e. The number of rotatable bonds is 6. The van der Waals surface area contributed by atoms with Crippen LogP contribution in [-0.2, 0) is 20.9 Å². The number of benzene rings is 2. The van der Waals surface area contributed by atoms with E-state index >= 15 is 0 Å². The third-order valence-corrected chi connectivity index (χ3v) is 8.24. The van der Waals surface area contributed by atoms with E-state index in [0.29, 0.717) is 37.6 Å². The summed E-state index contributed by atoms with van der Waals surface area (Å²) in [5.41, 5.74) is -1.92. The summed E-state index contributed by atoms with van der Waals surface area (Å²) in [6, 6.07) is 10.6. The Balaban J connectivity index is 1.35. The van der Waals surface area contributed by atoms with Gasteiger partial charge in [0, 0.05) is 56.5 Å². The van der Waals surface area contributed by atoms with Crippen LogP contribution in [0.5, 0.6) is 0 Å². The molecular formula is C26H27F3N4O4S. The van der Waals surface area contributed by atoms with Crippen molar-refractivity contribution in [2.24, 2.45) is 0 Å². The van der Waals surface area contributed by atoms with Gasteiger partial charge in [0.2, 0.25) is 0 Å². The standard InChI is InChI=1S/C26H27F3N4O4S/c27-26(28,29)21-16-19(25(34)33-13-11-32(12-14-33)17-20-6-3-15-37-20)8-9-22(21)31-38(35,36)23-7-1-4-18-5-2-10-30-24(18)23/h1-2,4-5,7-10,16,20,31H,3,6,11-15,17H2. The number of piperazine rings is 1. The van der Waals surface area contributed by atoms with E-state index in [1.165, 1.54) is 29.3 Å². The second-order valence-electron chi connectivity index (χ2n) is 9.42. The fourth-order valence-electron chi connectivity index (χ4n) is 4.89. The number of nitrogens with one attached hydrogen (secondary N) is 1. The molecule has 1 aromatic heterocycles. The number of hydrogen-bond acceptors (Lipinski definition) is 6. The second-order valence-corrected chi connectivity index (χ2v) is 11.1. The minimum absolute atomic E-state index is 0.140. The molecule has 2 aromatic carbocycles. The number of nitrogens with zero attached hydrogens (tertiary/aromatic N) is 3. The highest BCUT2D eigenvalue weighted by Gasteiger charge is 2.36. The number of ether oxygens (including phenoxy) is 1. The van der Waals surface area contributed by atoms with Crippen molar-refractivity contribution in [3.05, 3.63) is 65.9 Å². The highest BCUT2D eigenvalue weighted by Crippen LogP contribution is 2.37. The molecule has 12 heteroatoms. The molecule has 3 aromatic rings. The van der Waals surface area contributed by atoms with Gasteiger partial charge in [0.25, 0.3) is 15.9 Å². The Bertz CT molecular complexity index is 1430. The van der Waals surface area contributed by atoms with Crippen molar-refractivity contribution in [1.82, 2.24) is 14.8 Å². The van der Waals surface area contributed by atoms with E-state index in [1.807, 2.05) is 0 Å². The molecule has 1 N–H and O–H groups in total. The molecule has 0 aliphatic carbocycles. The van der Waals surface area contributed by atoms with Crippen molar-refractivity contribution in [1.29, 1.82) is 0 Å². The smallest absolute Gasteiger partial charge is 0.377 e. The van der Waals surface area contributed by atoms with Crippen LogP contribution in [0.4, 0.5) is 18.9 Å². The van der Waals surface area contributed by atoms with Crippen molar-refractivity contribution in [2.45, 2.75) is 30.0 Å². The number of fused-ring (bicyclic) bond motifs is 1. The van der Waals surface area contributed by atoms with E-state index in [1.54, 1.807) is 18.2 Å². The van der Waals surface area contributed by atoms with E-state index in [9.17, 15) is 26.4 Å². The van der Waals surface area contributed by atoms with E-state index < -0.39 is 33.4 Å². The predicted octanol–water partition coefficient (Wildman–Crippen LogP) is 3.99. The first kappa shape index (κ1) is 26.4. The topological polar surface area (TPSA) is 91.8 Å². The highest BCUT2D eigenvalue weighted by atomic mass is 32.2. The zero-order valence-corrected chi connectivity index (χ0v) is 21.3. The number of para-hydroxylation sites is 1. The summed E-state index contributed by atoms with van der Waals surface area (Å²) in [4.78, 5) is 20.6. The van der Waals surface area contributed by atoms with Gasteiger partial charge in [-0.2, -0.15) is 13.2 Å². The van der Waals surface area contributed by atoms with Crippen LogP contribution >= 0.6 is 0 Å². The number of carbonyl (C=O) groups is 1. The Morgan fingerprint density at radius 1 is 1.08 bits per heavy atom. The molecule has 2 aliphatic heterocycles. The van der Waals surface area contributed by atoms with E-state index in [4.69, 9.17) is 4.74 Å². The summed E-state index contributed by atoms with van der Waals surface area (Å²) < 4.78 is 76.0. The number of halogens is 3. The molecule has 3 heterocycles. The fourth-order valence-corrected chi connectivity index (χ4v) is 6.15. The number of hydrogen-bond donors (Lipinski definition) is 1. The lowest BCUT2D eigenvalue weighted by Gasteiger charge is -2.35. The van der Waals surface area contributed by atoms with Crippen LogP contribution in [0.25, 0.3) is 10.9 Å². The van der Waals surface area contributed by atoms with E-state index in [2.05, 4.69) is 14.6 Å². The summed E-state index contributed by atoms with van der Waals surface area (Å²) in [6.07, 6.45) is -1.26. The van der Waals surface area contributed by atoms with E-state index in [-0.39, 0.29) is 22.1 Å². The Kier molecular flexibility index (Phi) is 7.30. The molecule has 0 spiro atoms. The molecule has 2 aliphatic rings. The van der Waals surface area contributed by atoms with Crippen LogP contribution in [0.2, 0.25) is 0 Å². The predicted molar refractivity (Wildman–Crippen MR) is 135 cm³/mol. The Morgan fingerprint density at radius 2 is 1.84 bits per heavy atom. The monoisotopic (exact) mass is 548 g/mol. The molecule has 0 radical (unpaired) electrons. The molecule has 8 nitrogen and oxygen atoms in total. The number of pyridine rings is 1. The Hall–Kier alpha value is -3.22. The highest BCUT2D eigenvalue weighted by molar-refractivity contribution is 7.93. The molecule has 202 valence electrons. The van der Waals surface area contributed by atoms with Crippen LogP contribution < -0.4 is 4.72 Å². The summed E-state index contributed by atoms with van der Waals surface area (Å²) >= 11 is 0. The maximum absolute atomic E-state index is 14.0. The summed E-state index contributed by atoms with van der Waals surface area (Å²) in [5, 5.41) is 0.531. The van der Waals surface area contributed by atoms with Gasteiger partial charge in [-0.15, -0.1) is 0 Å². The first-order chi connectivity index (χ1) is 18.1. The lowest BCUT2D eigenvalue weighted by atomic mass is 10.1. The van der Waals surface area contributed by atoms with Crippen molar-refractivity contribution in [3.63, 3.8) is 0 Å². The molecule has 0 bridgehead atoms. The summed E-state index contributed by atoms with van der Waals surface area (Å²) in [6.45, 7) is 3.52. The van der Waals surface area contributed by atoms with Gasteiger partial charge in [-0.05, 0) is 43.2 Å². The molecular weight excluding hydrogens is 521 g/mol. The fraction of sp³-hybridized carbons (Fsp3) is 0.385. The number of alkyl halides is 3. The summed E-state index contributed by atoms with van der Waals surface area (Å²) in [5.74, 6) is -0.528. The number of aromatic nitrogens is 1. The van der Waals surface area contributed by atoms with Gasteiger partial charge in [-0.1, -0.05) is 18.2 Å². The zero-order chi connectivity index (χ0) is 26.9.